The van der Waals surface area contributed by atoms with Crippen LogP contribution in [0.3, 0.4) is 0 Å². The molecule has 6 rings (SSSR count). The first-order valence-electron chi connectivity index (χ1n) is 13.8. The second-order valence-corrected chi connectivity index (χ2v) is 11.2. The summed E-state index contributed by atoms with van der Waals surface area (Å²) < 4.78 is 43.3. The van der Waals surface area contributed by atoms with E-state index >= 15 is 4.39 Å². The molecule has 4 heterocycles. The Morgan fingerprint density at radius 1 is 1.05 bits per heavy atom. The van der Waals surface area contributed by atoms with E-state index in [0.717, 1.165) is 42.2 Å². The van der Waals surface area contributed by atoms with Crippen LogP contribution >= 0.6 is 11.8 Å². The van der Waals surface area contributed by atoms with Gasteiger partial charge < -0.3 is 14.4 Å². The van der Waals surface area contributed by atoms with Crippen LogP contribution in [0.2, 0.25) is 0 Å². The van der Waals surface area contributed by atoms with Crippen LogP contribution in [0.15, 0.2) is 58.4 Å². The number of hydrogen-bond acceptors (Lipinski definition) is 6. The Morgan fingerprint density at radius 3 is 2.75 bits per heavy atom. The number of halogens is 2. The molecule has 2 aromatic carbocycles. The number of ether oxygens (including phenoxy) is 2. The average Bonchev–Trinajstić information content (AvgIpc) is 3.13. The summed E-state index contributed by atoms with van der Waals surface area (Å²) in [7, 11) is 0. The summed E-state index contributed by atoms with van der Waals surface area (Å²) >= 11 is 1.45. The molecule has 1 fully saturated rings. The lowest BCUT2D eigenvalue weighted by Crippen LogP contribution is -2.66. The fraction of sp³-hybridized carbons (Fsp3) is 0.400. The van der Waals surface area contributed by atoms with Gasteiger partial charge in [-0.15, -0.1) is 11.8 Å². The molecule has 10 heteroatoms. The first-order chi connectivity index (χ1) is 19.5. The van der Waals surface area contributed by atoms with Crippen LogP contribution in [0.1, 0.15) is 65.8 Å². The molecule has 0 unspecified atom stereocenters. The Bertz CT molecular complexity index is 1500. The molecule has 2 atom stereocenters. The Balaban J connectivity index is 1.55. The number of amides is 1. The van der Waals surface area contributed by atoms with Crippen molar-refractivity contribution in [2.75, 3.05) is 31.4 Å². The van der Waals surface area contributed by atoms with E-state index in [2.05, 4.69) is 6.92 Å². The number of rotatable bonds is 7. The van der Waals surface area contributed by atoms with E-state index in [1.807, 2.05) is 29.3 Å². The van der Waals surface area contributed by atoms with E-state index < -0.39 is 23.8 Å². The zero-order valence-electron chi connectivity index (χ0n) is 22.3. The number of thioether (sulfide) groups is 1. The fourth-order valence-electron chi connectivity index (χ4n) is 5.81. The van der Waals surface area contributed by atoms with Gasteiger partial charge in [-0.25, -0.2) is 8.78 Å². The molecule has 1 aromatic heterocycles. The van der Waals surface area contributed by atoms with Crippen LogP contribution < -0.4 is 15.2 Å². The van der Waals surface area contributed by atoms with Crippen LogP contribution in [0.4, 0.5) is 8.78 Å². The summed E-state index contributed by atoms with van der Waals surface area (Å²) in [4.78, 5) is 29.6. The van der Waals surface area contributed by atoms with Crippen LogP contribution in [0, 0.1) is 11.6 Å². The minimum atomic E-state index is -0.900. The number of fused-ring (bicyclic) bond motifs is 4. The fourth-order valence-corrected chi connectivity index (χ4v) is 6.93. The summed E-state index contributed by atoms with van der Waals surface area (Å²) in [6.07, 6.45) is 4.90. The number of hydrogen-bond donors (Lipinski definition) is 0. The lowest BCUT2D eigenvalue weighted by molar-refractivity contribution is -0.0198. The van der Waals surface area contributed by atoms with Gasteiger partial charge in [0.05, 0.1) is 25.9 Å². The van der Waals surface area contributed by atoms with Crippen molar-refractivity contribution in [1.29, 1.82) is 0 Å². The molecule has 0 bridgehead atoms. The standard InChI is InChI=1S/C30H31F2N3O4S/c1-2-3-4-7-15-39-29-23(36)12-13-34-28(29)30(37)33-14-16-38-17-25(33)35(34)27-19-10-11-22(31)26(32)21(19)18-40-24-9-6-5-8-20(24)27/h5-6,8-13,25,27H,2-4,7,14-18H2,1H3/t25-,27-/m0/s1. The van der Waals surface area contributed by atoms with Crippen LogP contribution in [-0.4, -0.2) is 48.0 Å². The van der Waals surface area contributed by atoms with Gasteiger partial charge in [0, 0.05) is 35.0 Å². The Labute approximate surface area is 235 Å². The number of aromatic nitrogens is 1. The van der Waals surface area contributed by atoms with E-state index in [4.69, 9.17) is 9.47 Å². The molecule has 0 aliphatic carbocycles. The monoisotopic (exact) mass is 567 g/mol. The zero-order valence-corrected chi connectivity index (χ0v) is 23.1. The Hall–Kier alpha value is -3.37. The van der Waals surface area contributed by atoms with Crippen molar-refractivity contribution in [3.8, 4) is 5.75 Å². The maximum absolute atomic E-state index is 15.3. The molecule has 7 nitrogen and oxygen atoms in total. The predicted molar refractivity (Wildman–Crippen MR) is 148 cm³/mol. The third-order valence-electron chi connectivity index (χ3n) is 7.78. The second kappa shape index (κ2) is 11.2. The van der Waals surface area contributed by atoms with Crippen molar-refractivity contribution in [3.05, 3.63) is 92.9 Å². The van der Waals surface area contributed by atoms with Crippen LogP contribution in [-0.2, 0) is 10.5 Å². The molecule has 0 spiro atoms. The first kappa shape index (κ1) is 26.8. The molecule has 0 N–H and O–H groups in total. The molecule has 3 aromatic rings. The normalized spacial score (nSPS) is 19.8. The van der Waals surface area contributed by atoms with Crippen LogP contribution in [0.5, 0.6) is 5.75 Å². The molecule has 0 radical (unpaired) electrons. The van der Waals surface area contributed by atoms with Crippen molar-refractivity contribution in [3.63, 3.8) is 0 Å². The number of pyridine rings is 1. The van der Waals surface area contributed by atoms with E-state index in [1.54, 1.807) is 21.8 Å². The zero-order chi connectivity index (χ0) is 27.8. The molecule has 1 saturated heterocycles. The highest BCUT2D eigenvalue weighted by atomic mass is 32.2. The third-order valence-corrected chi connectivity index (χ3v) is 8.89. The minimum absolute atomic E-state index is 0.0146. The third kappa shape index (κ3) is 4.56. The molecule has 1 amide bonds. The van der Waals surface area contributed by atoms with Crippen molar-refractivity contribution in [1.82, 2.24) is 9.58 Å². The van der Waals surface area contributed by atoms with Crippen molar-refractivity contribution in [2.45, 2.75) is 55.5 Å². The molecule has 210 valence electrons. The van der Waals surface area contributed by atoms with E-state index in [9.17, 15) is 14.0 Å². The van der Waals surface area contributed by atoms with Crippen molar-refractivity contribution in [2.24, 2.45) is 0 Å². The maximum Gasteiger partial charge on any atom is 0.278 e. The largest absolute Gasteiger partial charge is 0.487 e. The molecule has 3 aliphatic rings. The predicted octanol–water partition coefficient (Wildman–Crippen LogP) is 5.23. The topological polar surface area (TPSA) is 64.0 Å². The molecule has 3 aliphatic heterocycles. The van der Waals surface area contributed by atoms with E-state index in [0.29, 0.717) is 25.3 Å². The Kier molecular flexibility index (Phi) is 7.55. The van der Waals surface area contributed by atoms with Gasteiger partial charge in [-0.2, -0.15) is 0 Å². The first-order valence-corrected chi connectivity index (χ1v) is 14.7. The van der Waals surface area contributed by atoms with Gasteiger partial charge in [0.25, 0.3) is 5.91 Å². The lowest BCUT2D eigenvalue weighted by Gasteiger charge is -2.51. The molecule has 0 saturated carbocycles. The minimum Gasteiger partial charge on any atom is -0.487 e. The maximum atomic E-state index is 15.3. The Morgan fingerprint density at radius 2 is 1.90 bits per heavy atom. The smallest absolute Gasteiger partial charge is 0.278 e. The SMILES string of the molecule is CCCCCCOc1c2n(ccc1=O)N([C@@H]1c3ccccc3SCc3c1ccc(F)c3F)[C@H]1COCCN1C2=O. The molecular weight excluding hydrogens is 536 g/mol. The van der Waals surface area contributed by atoms with Gasteiger partial charge in [-0.3, -0.25) is 19.3 Å². The molecular formula is C30H31F2N3O4S. The van der Waals surface area contributed by atoms with Gasteiger partial charge in [-0.1, -0.05) is 50.5 Å². The van der Waals surface area contributed by atoms with Crippen molar-refractivity contribution >= 4 is 17.7 Å². The van der Waals surface area contributed by atoms with Gasteiger partial charge in [0.2, 0.25) is 5.43 Å². The van der Waals surface area contributed by atoms with Gasteiger partial charge >= 0.3 is 0 Å². The highest BCUT2D eigenvalue weighted by molar-refractivity contribution is 7.98. The van der Waals surface area contributed by atoms with Gasteiger partial charge in [-0.05, 0) is 29.7 Å². The summed E-state index contributed by atoms with van der Waals surface area (Å²) in [6.45, 7) is 3.34. The van der Waals surface area contributed by atoms with Crippen molar-refractivity contribution < 1.29 is 23.0 Å². The summed E-state index contributed by atoms with van der Waals surface area (Å²) in [5.74, 6) is -1.81. The number of carbonyl (C=O) groups is 1. The lowest BCUT2D eigenvalue weighted by atomic mass is 9.93. The summed E-state index contributed by atoms with van der Waals surface area (Å²) in [6, 6.07) is 11.3. The number of morpholine rings is 1. The number of unbranched alkanes of at least 4 members (excludes halogenated alkanes) is 3. The highest BCUT2D eigenvalue weighted by Crippen LogP contribution is 2.45. The number of nitrogens with zero attached hydrogens (tertiary/aromatic N) is 3. The van der Waals surface area contributed by atoms with Crippen LogP contribution in [0.25, 0.3) is 0 Å². The number of carbonyl (C=O) groups excluding carboxylic acids is 1. The second-order valence-electron chi connectivity index (χ2n) is 10.2. The number of benzene rings is 2. The highest BCUT2D eigenvalue weighted by Gasteiger charge is 2.46. The quantitative estimate of drug-likeness (QED) is 0.365. The average molecular weight is 568 g/mol. The van der Waals surface area contributed by atoms with E-state index in [-0.39, 0.29) is 40.7 Å². The summed E-state index contributed by atoms with van der Waals surface area (Å²) in [5, 5.41) is 1.96. The summed E-state index contributed by atoms with van der Waals surface area (Å²) in [5.41, 5.74) is 1.54. The van der Waals surface area contributed by atoms with Gasteiger partial charge in [0.1, 0.15) is 6.17 Å². The van der Waals surface area contributed by atoms with E-state index in [1.165, 1.54) is 17.8 Å². The van der Waals surface area contributed by atoms with Gasteiger partial charge in [0.15, 0.2) is 23.1 Å². The molecule has 40 heavy (non-hydrogen) atoms.